The first-order valence-electron chi connectivity index (χ1n) is 4.62. The van der Waals surface area contributed by atoms with Crippen molar-refractivity contribution < 1.29 is 4.39 Å². The number of halogens is 1. The minimum Gasteiger partial charge on any atom is -0.327 e. The predicted octanol–water partition coefficient (Wildman–Crippen LogP) is 2.11. The van der Waals surface area contributed by atoms with Crippen molar-refractivity contribution in [2.75, 3.05) is 0 Å². The Labute approximate surface area is 84.1 Å². The number of nitrogens with two attached hydrogens (primary N) is 1. The summed E-state index contributed by atoms with van der Waals surface area (Å²) in [6.45, 7) is 1.77. The highest BCUT2D eigenvalue weighted by Crippen LogP contribution is 2.09. The molecule has 1 aromatic rings. The van der Waals surface area contributed by atoms with Gasteiger partial charge in [-0.1, -0.05) is 18.2 Å². The van der Waals surface area contributed by atoms with Gasteiger partial charge in [-0.05, 0) is 25.0 Å². The van der Waals surface area contributed by atoms with Gasteiger partial charge < -0.3 is 5.73 Å². The summed E-state index contributed by atoms with van der Waals surface area (Å²) in [4.78, 5) is 0. The fourth-order valence-electron chi connectivity index (χ4n) is 1.25. The third kappa shape index (κ3) is 3.20. The minimum atomic E-state index is -0.188. The molecule has 1 atom stereocenters. The highest BCUT2D eigenvalue weighted by Gasteiger charge is 2.05. The first kappa shape index (κ1) is 10.7. The van der Waals surface area contributed by atoms with Gasteiger partial charge in [0.1, 0.15) is 5.82 Å². The zero-order valence-electron chi connectivity index (χ0n) is 8.26. The summed E-state index contributed by atoms with van der Waals surface area (Å²) >= 11 is 0. The second-order valence-electron chi connectivity index (χ2n) is 3.19. The maximum Gasteiger partial charge on any atom is 0.126 e. The van der Waals surface area contributed by atoms with E-state index >= 15 is 0 Å². The topological polar surface area (TPSA) is 26.0 Å². The van der Waals surface area contributed by atoms with Crippen LogP contribution in [0, 0.1) is 17.7 Å². The lowest BCUT2D eigenvalue weighted by Crippen LogP contribution is -2.22. The summed E-state index contributed by atoms with van der Waals surface area (Å²) in [5, 5.41) is 0. The van der Waals surface area contributed by atoms with Gasteiger partial charge in [0.15, 0.2) is 0 Å². The Morgan fingerprint density at radius 2 is 2.14 bits per heavy atom. The van der Waals surface area contributed by atoms with Crippen molar-refractivity contribution in [3.05, 3.63) is 35.6 Å². The van der Waals surface area contributed by atoms with E-state index in [1.54, 1.807) is 19.1 Å². The Morgan fingerprint density at radius 1 is 1.43 bits per heavy atom. The molecular weight excluding hydrogens is 177 g/mol. The molecule has 0 bridgehead atoms. The van der Waals surface area contributed by atoms with Gasteiger partial charge in [0.25, 0.3) is 0 Å². The van der Waals surface area contributed by atoms with Gasteiger partial charge in [-0.15, -0.1) is 11.8 Å². The zero-order chi connectivity index (χ0) is 10.4. The molecule has 1 aromatic carbocycles. The van der Waals surface area contributed by atoms with Crippen LogP contribution < -0.4 is 5.73 Å². The van der Waals surface area contributed by atoms with E-state index in [1.807, 2.05) is 6.07 Å². The average Bonchev–Trinajstić information content (AvgIpc) is 2.18. The molecule has 0 saturated carbocycles. The Bertz CT molecular complexity index is 349. The third-order valence-electron chi connectivity index (χ3n) is 1.98. The molecular formula is C12H14FN. The lowest BCUT2D eigenvalue weighted by molar-refractivity contribution is 0.589. The summed E-state index contributed by atoms with van der Waals surface area (Å²) in [6.07, 6.45) is 1.16. The van der Waals surface area contributed by atoms with Crippen LogP contribution in [0.3, 0.4) is 0 Å². The van der Waals surface area contributed by atoms with E-state index in [0.717, 1.165) is 0 Å². The molecule has 0 radical (unpaired) electrons. The fourth-order valence-corrected chi connectivity index (χ4v) is 1.25. The lowest BCUT2D eigenvalue weighted by Gasteiger charge is -2.08. The molecule has 0 heterocycles. The lowest BCUT2D eigenvalue weighted by atomic mass is 10.0. The van der Waals surface area contributed by atoms with Crippen LogP contribution in [0.1, 0.15) is 18.9 Å². The number of rotatable bonds is 3. The molecule has 1 rings (SSSR count). The summed E-state index contributed by atoms with van der Waals surface area (Å²) < 4.78 is 13.2. The van der Waals surface area contributed by atoms with E-state index in [-0.39, 0.29) is 11.9 Å². The van der Waals surface area contributed by atoms with E-state index in [2.05, 4.69) is 11.8 Å². The van der Waals surface area contributed by atoms with Crippen LogP contribution in [-0.2, 0) is 6.42 Å². The fraction of sp³-hybridized carbons (Fsp3) is 0.333. The normalized spacial score (nSPS) is 11.6. The van der Waals surface area contributed by atoms with Gasteiger partial charge in [0.2, 0.25) is 0 Å². The molecule has 0 aliphatic heterocycles. The predicted molar refractivity (Wildman–Crippen MR) is 56.1 cm³/mol. The van der Waals surface area contributed by atoms with E-state index in [1.165, 1.54) is 6.07 Å². The Balaban J connectivity index is 2.58. The number of hydrogen-bond donors (Lipinski definition) is 1. The van der Waals surface area contributed by atoms with Crippen LogP contribution in [0.2, 0.25) is 0 Å². The van der Waals surface area contributed by atoms with Crippen LogP contribution in [0.15, 0.2) is 24.3 Å². The second-order valence-corrected chi connectivity index (χ2v) is 3.19. The molecule has 0 fully saturated rings. The third-order valence-corrected chi connectivity index (χ3v) is 1.98. The first-order chi connectivity index (χ1) is 6.74. The molecule has 1 nitrogen and oxygen atoms in total. The minimum absolute atomic E-state index is 0.0839. The van der Waals surface area contributed by atoms with E-state index in [9.17, 15) is 4.39 Å². The maximum absolute atomic E-state index is 13.2. The molecule has 1 unspecified atom stereocenters. The molecule has 0 spiro atoms. The van der Waals surface area contributed by atoms with E-state index in [0.29, 0.717) is 18.4 Å². The standard InChI is InChI=1S/C12H14FN/c1-2-3-7-11(14)9-10-6-4-5-8-12(10)13/h4-6,8,11H,7,9,14H2,1H3. The van der Waals surface area contributed by atoms with Crippen molar-refractivity contribution >= 4 is 0 Å². The van der Waals surface area contributed by atoms with Crippen molar-refractivity contribution in [3.63, 3.8) is 0 Å². The van der Waals surface area contributed by atoms with Crippen LogP contribution in [-0.4, -0.2) is 6.04 Å². The van der Waals surface area contributed by atoms with Crippen molar-refractivity contribution in [1.82, 2.24) is 0 Å². The van der Waals surface area contributed by atoms with Crippen molar-refractivity contribution in [2.45, 2.75) is 25.8 Å². The van der Waals surface area contributed by atoms with Crippen LogP contribution in [0.4, 0.5) is 4.39 Å². The largest absolute Gasteiger partial charge is 0.327 e. The summed E-state index contributed by atoms with van der Waals surface area (Å²) in [7, 11) is 0. The molecule has 2 N–H and O–H groups in total. The Kier molecular flexibility index (Phi) is 4.15. The average molecular weight is 191 g/mol. The van der Waals surface area contributed by atoms with Gasteiger partial charge in [0, 0.05) is 12.5 Å². The highest BCUT2D eigenvalue weighted by molar-refractivity contribution is 5.18. The molecule has 74 valence electrons. The van der Waals surface area contributed by atoms with Crippen LogP contribution in [0.5, 0.6) is 0 Å². The molecule has 0 aromatic heterocycles. The monoisotopic (exact) mass is 191 g/mol. The SMILES string of the molecule is CC#CCC(N)Cc1ccccc1F. The number of benzene rings is 1. The van der Waals surface area contributed by atoms with Crippen molar-refractivity contribution in [1.29, 1.82) is 0 Å². The molecule has 0 aliphatic carbocycles. The summed E-state index contributed by atoms with van der Waals surface area (Å²) in [6, 6.07) is 6.62. The van der Waals surface area contributed by atoms with Crippen LogP contribution >= 0.6 is 0 Å². The van der Waals surface area contributed by atoms with E-state index < -0.39 is 0 Å². The summed E-state index contributed by atoms with van der Waals surface area (Å²) in [5.41, 5.74) is 6.46. The second kappa shape index (κ2) is 5.41. The van der Waals surface area contributed by atoms with Gasteiger partial charge >= 0.3 is 0 Å². The Hall–Kier alpha value is -1.33. The van der Waals surface area contributed by atoms with Gasteiger partial charge in [-0.25, -0.2) is 4.39 Å². The number of hydrogen-bond acceptors (Lipinski definition) is 1. The van der Waals surface area contributed by atoms with Crippen molar-refractivity contribution in [2.24, 2.45) is 5.73 Å². The zero-order valence-corrected chi connectivity index (χ0v) is 8.26. The van der Waals surface area contributed by atoms with Gasteiger partial charge in [-0.3, -0.25) is 0 Å². The summed E-state index contributed by atoms with van der Waals surface area (Å²) in [5.74, 6) is 5.48. The molecule has 0 amide bonds. The highest BCUT2D eigenvalue weighted by atomic mass is 19.1. The quantitative estimate of drug-likeness (QED) is 0.727. The molecule has 14 heavy (non-hydrogen) atoms. The molecule has 2 heteroatoms. The van der Waals surface area contributed by atoms with Crippen LogP contribution in [0.25, 0.3) is 0 Å². The van der Waals surface area contributed by atoms with Gasteiger partial charge in [0.05, 0.1) is 0 Å². The smallest absolute Gasteiger partial charge is 0.126 e. The molecule has 0 saturated heterocycles. The van der Waals surface area contributed by atoms with Gasteiger partial charge in [-0.2, -0.15) is 0 Å². The van der Waals surface area contributed by atoms with Crippen molar-refractivity contribution in [3.8, 4) is 11.8 Å². The maximum atomic E-state index is 13.2. The molecule has 0 aliphatic rings. The van der Waals surface area contributed by atoms with E-state index in [4.69, 9.17) is 5.73 Å². The first-order valence-corrected chi connectivity index (χ1v) is 4.62. The Morgan fingerprint density at radius 3 is 2.79 bits per heavy atom.